The van der Waals surface area contributed by atoms with E-state index in [-0.39, 0.29) is 12.2 Å². The van der Waals surface area contributed by atoms with Crippen LogP contribution in [-0.2, 0) is 16.9 Å². The van der Waals surface area contributed by atoms with E-state index in [0.29, 0.717) is 40.3 Å². The van der Waals surface area contributed by atoms with Crippen molar-refractivity contribution in [1.29, 1.82) is 0 Å². The summed E-state index contributed by atoms with van der Waals surface area (Å²) in [5.74, 6) is 0.706. The van der Waals surface area contributed by atoms with Crippen molar-refractivity contribution in [3.8, 4) is 11.5 Å². The van der Waals surface area contributed by atoms with Gasteiger partial charge in [0.25, 0.3) is 11.6 Å². The molecule has 1 atom stereocenters. The predicted octanol–water partition coefficient (Wildman–Crippen LogP) is 3.10. The van der Waals surface area contributed by atoms with Crippen molar-refractivity contribution >= 4 is 33.6 Å². The number of nitrogens with zero attached hydrogens (tertiary/aromatic N) is 2. The molecule has 2 aliphatic heterocycles. The minimum Gasteiger partial charge on any atom is -0.486 e. The third kappa shape index (κ3) is 3.29. The summed E-state index contributed by atoms with van der Waals surface area (Å²) < 4.78 is 11.8. The minimum absolute atomic E-state index is 0.0322. The van der Waals surface area contributed by atoms with Gasteiger partial charge in [0.15, 0.2) is 11.5 Å². The number of halogens is 1. The summed E-state index contributed by atoms with van der Waals surface area (Å²) in [4.78, 5) is 37.1. The number of hydrogen-bond donors (Lipinski definition) is 1. The Bertz CT molecular complexity index is 1030. The molecule has 1 N–H and O–H groups in total. The van der Waals surface area contributed by atoms with Crippen molar-refractivity contribution in [2.45, 2.75) is 19.0 Å². The van der Waals surface area contributed by atoms with E-state index >= 15 is 0 Å². The maximum absolute atomic E-state index is 13.1. The van der Waals surface area contributed by atoms with Crippen LogP contribution in [0.3, 0.4) is 0 Å². The van der Waals surface area contributed by atoms with Gasteiger partial charge < -0.3 is 14.8 Å². The summed E-state index contributed by atoms with van der Waals surface area (Å²) in [6.07, 6.45) is 0. The van der Waals surface area contributed by atoms with Gasteiger partial charge in [-0.25, -0.2) is 4.79 Å². The lowest BCUT2D eigenvalue weighted by atomic mass is 9.92. The van der Waals surface area contributed by atoms with Gasteiger partial charge in [-0.1, -0.05) is 15.9 Å². The van der Waals surface area contributed by atoms with Crippen LogP contribution in [0.25, 0.3) is 0 Å². The molecule has 9 nitrogen and oxygen atoms in total. The zero-order valence-electron chi connectivity index (χ0n) is 15.3. The average molecular weight is 462 g/mol. The Kier molecular flexibility index (Phi) is 4.65. The van der Waals surface area contributed by atoms with Gasteiger partial charge in [0.1, 0.15) is 18.8 Å². The van der Waals surface area contributed by atoms with Gasteiger partial charge in [-0.05, 0) is 42.3 Å². The van der Waals surface area contributed by atoms with Gasteiger partial charge in [-0.2, -0.15) is 0 Å². The van der Waals surface area contributed by atoms with E-state index in [4.69, 9.17) is 9.47 Å². The number of nitro benzene ring substituents is 1. The molecule has 1 saturated heterocycles. The minimum atomic E-state index is -1.31. The zero-order valence-corrected chi connectivity index (χ0v) is 16.9. The van der Waals surface area contributed by atoms with Gasteiger partial charge >= 0.3 is 6.03 Å². The first-order chi connectivity index (χ1) is 13.8. The molecule has 0 saturated carbocycles. The number of nitrogens with one attached hydrogen (secondary N) is 1. The quantitative estimate of drug-likeness (QED) is 0.425. The summed E-state index contributed by atoms with van der Waals surface area (Å²) >= 11 is 3.45. The van der Waals surface area contributed by atoms with Crippen LogP contribution >= 0.6 is 15.9 Å². The molecule has 0 aliphatic carbocycles. The van der Waals surface area contributed by atoms with Crippen molar-refractivity contribution in [3.05, 3.63) is 62.1 Å². The number of ether oxygens (including phenoxy) is 2. The third-order valence-electron chi connectivity index (χ3n) is 4.97. The second kappa shape index (κ2) is 7.03. The Morgan fingerprint density at radius 1 is 1.17 bits per heavy atom. The van der Waals surface area contributed by atoms with Crippen molar-refractivity contribution < 1.29 is 24.0 Å². The number of rotatable bonds is 4. The molecule has 0 aromatic heterocycles. The van der Waals surface area contributed by atoms with E-state index in [9.17, 15) is 19.7 Å². The first-order valence-corrected chi connectivity index (χ1v) is 9.56. The highest BCUT2D eigenvalue weighted by molar-refractivity contribution is 9.10. The van der Waals surface area contributed by atoms with E-state index < -0.39 is 22.4 Å². The third-order valence-corrected chi connectivity index (χ3v) is 5.71. The van der Waals surface area contributed by atoms with Crippen molar-refractivity contribution in [2.75, 3.05) is 13.2 Å². The monoisotopic (exact) mass is 461 g/mol. The van der Waals surface area contributed by atoms with Crippen molar-refractivity contribution in [2.24, 2.45) is 0 Å². The maximum Gasteiger partial charge on any atom is 0.325 e. The largest absolute Gasteiger partial charge is 0.486 e. The smallest absolute Gasteiger partial charge is 0.325 e. The normalized spacial score (nSPS) is 20.6. The number of non-ortho nitro benzene ring substituents is 1. The molecule has 4 rings (SSSR count). The molecular weight excluding hydrogens is 446 g/mol. The molecular formula is C19H16BrN3O6. The molecule has 1 unspecified atom stereocenters. The predicted molar refractivity (Wildman–Crippen MR) is 105 cm³/mol. The Morgan fingerprint density at radius 3 is 2.41 bits per heavy atom. The van der Waals surface area contributed by atoms with E-state index in [1.165, 1.54) is 24.3 Å². The second-order valence-electron chi connectivity index (χ2n) is 6.84. The standard InChI is InChI=1S/C19H16BrN3O6/c1-19(12-2-4-13(5-3-12)23(26)27)17(24)22(18(25)21-19)10-11-8-15-16(9-14(11)20)29-7-6-28-15/h2-5,8-9H,6-7,10H2,1H3,(H,21,25). The lowest BCUT2D eigenvalue weighted by Crippen LogP contribution is -2.40. The Labute approximate surface area is 173 Å². The van der Waals surface area contributed by atoms with Crippen LogP contribution in [0.1, 0.15) is 18.1 Å². The lowest BCUT2D eigenvalue weighted by Gasteiger charge is -2.23. The van der Waals surface area contributed by atoms with E-state index in [2.05, 4.69) is 21.2 Å². The van der Waals surface area contributed by atoms with Gasteiger partial charge in [0.05, 0.1) is 11.5 Å². The molecule has 2 heterocycles. The van der Waals surface area contributed by atoms with Crippen LogP contribution in [0.5, 0.6) is 11.5 Å². The molecule has 2 aromatic carbocycles. The average Bonchev–Trinajstić information content (AvgIpc) is 2.92. The maximum atomic E-state index is 13.1. The van der Waals surface area contributed by atoms with Crippen LogP contribution in [0, 0.1) is 10.1 Å². The molecule has 0 bridgehead atoms. The molecule has 2 aromatic rings. The molecule has 1 fully saturated rings. The molecule has 0 radical (unpaired) electrons. The summed E-state index contributed by atoms with van der Waals surface area (Å²) in [7, 11) is 0. The fourth-order valence-corrected chi connectivity index (χ4v) is 3.80. The summed E-state index contributed by atoms with van der Waals surface area (Å²) in [6.45, 7) is 2.49. The number of hydrogen-bond acceptors (Lipinski definition) is 6. The summed E-state index contributed by atoms with van der Waals surface area (Å²) in [5, 5.41) is 13.5. The highest BCUT2D eigenvalue weighted by Gasteiger charge is 2.49. The topological polar surface area (TPSA) is 111 Å². The number of carbonyl (C=O) groups excluding carboxylic acids is 2. The fraction of sp³-hybridized carbons (Fsp3) is 0.263. The van der Waals surface area contributed by atoms with E-state index in [1.807, 2.05) is 0 Å². The molecule has 2 aliphatic rings. The molecule has 10 heteroatoms. The summed E-state index contributed by atoms with van der Waals surface area (Å²) in [5.41, 5.74) is -0.256. The molecule has 29 heavy (non-hydrogen) atoms. The number of imide groups is 1. The van der Waals surface area contributed by atoms with Gasteiger partial charge in [-0.3, -0.25) is 19.8 Å². The van der Waals surface area contributed by atoms with Gasteiger partial charge in [-0.15, -0.1) is 0 Å². The number of carbonyl (C=O) groups is 2. The fourth-order valence-electron chi connectivity index (χ4n) is 3.35. The van der Waals surface area contributed by atoms with Crippen LogP contribution in [0.4, 0.5) is 10.5 Å². The highest BCUT2D eigenvalue weighted by atomic mass is 79.9. The first kappa shape index (κ1) is 19.2. The van der Waals surface area contributed by atoms with Gasteiger partial charge in [0, 0.05) is 16.6 Å². The van der Waals surface area contributed by atoms with E-state index in [0.717, 1.165) is 4.90 Å². The van der Waals surface area contributed by atoms with Crippen molar-refractivity contribution in [3.63, 3.8) is 0 Å². The number of fused-ring (bicyclic) bond motifs is 1. The molecule has 3 amide bonds. The van der Waals surface area contributed by atoms with Crippen molar-refractivity contribution in [1.82, 2.24) is 10.2 Å². The van der Waals surface area contributed by atoms with Gasteiger partial charge in [0.2, 0.25) is 0 Å². The van der Waals surface area contributed by atoms with Crippen LogP contribution < -0.4 is 14.8 Å². The number of nitro groups is 1. The lowest BCUT2D eigenvalue weighted by molar-refractivity contribution is -0.384. The zero-order chi connectivity index (χ0) is 20.8. The highest BCUT2D eigenvalue weighted by Crippen LogP contribution is 2.37. The summed E-state index contributed by atoms with van der Waals surface area (Å²) in [6, 6.07) is 8.50. The SMILES string of the molecule is CC1(c2ccc([N+](=O)[O-])cc2)NC(=O)N(Cc2cc3c(cc2Br)OCCO3)C1=O. The second-order valence-corrected chi connectivity index (χ2v) is 7.69. The first-order valence-electron chi connectivity index (χ1n) is 8.76. The van der Waals surface area contributed by atoms with Crippen LogP contribution in [0.15, 0.2) is 40.9 Å². The Morgan fingerprint density at radius 2 is 1.79 bits per heavy atom. The van der Waals surface area contributed by atoms with Crippen LogP contribution in [-0.4, -0.2) is 35.0 Å². The van der Waals surface area contributed by atoms with Crippen LogP contribution in [0.2, 0.25) is 0 Å². The number of benzene rings is 2. The molecule has 150 valence electrons. The van der Waals surface area contributed by atoms with E-state index in [1.54, 1.807) is 19.1 Å². The number of urea groups is 1. The Hall–Kier alpha value is -3.14. The number of amides is 3. The molecule has 0 spiro atoms. The Balaban J connectivity index is 1.61.